The molecule has 0 saturated heterocycles. The van der Waals surface area contributed by atoms with Crippen LogP contribution < -0.4 is 10.6 Å². The van der Waals surface area contributed by atoms with Gasteiger partial charge >= 0.3 is 0 Å². The van der Waals surface area contributed by atoms with Crippen LogP contribution in [0, 0.1) is 0 Å². The minimum Gasteiger partial charge on any atom is -0.508 e. The number of unbranched alkanes of at least 4 members (excludes halogenated alkanes) is 9. The molecule has 0 spiro atoms. The molecule has 0 saturated carbocycles. The summed E-state index contributed by atoms with van der Waals surface area (Å²) in [5, 5.41) is 24.6. The number of carbonyl (C=O) groups excluding carboxylic acids is 2. The van der Waals surface area contributed by atoms with Crippen molar-refractivity contribution >= 4 is 24.0 Å². The van der Waals surface area contributed by atoms with Gasteiger partial charge in [-0.05, 0) is 60.4 Å². The maximum absolute atomic E-state index is 11.8. The van der Waals surface area contributed by atoms with Crippen LogP contribution in [0.4, 0.5) is 0 Å². The topological polar surface area (TPSA) is 98.7 Å². The fourth-order valence-corrected chi connectivity index (χ4v) is 3.81. The SMILES string of the molecule is O=C(/C=C/c1cccc(O)c1)NCCCCCCCCCCCCNC(=O)/C=C/c1cccc(O)c1. The van der Waals surface area contributed by atoms with E-state index in [-0.39, 0.29) is 23.3 Å². The molecule has 36 heavy (non-hydrogen) atoms. The number of carbonyl (C=O) groups is 2. The summed E-state index contributed by atoms with van der Waals surface area (Å²) in [6.45, 7) is 1.37. The number of phenolic OH excluding ortho intramolecular Hbond substituents is 2. The monoisotopic (exact) mass is 492 g/mol. The normalized spacial score (nSPS) is 11.2. The van der Waals surface area contributed by atoms with Gasteiger partial charge in [0.2, 0.25) is 11.8 Å². The van der Waals surface area contributed by atoms with Crippen LogP contribution >= 0.6 is 0 Å². The molecule has 2 aromatic rings. The summed E-state index contributed by atoms with van der Waals surface area (Å²) in [6.07, 6.45) is 17.9. The number of hydrogen-bond acceptors (Lipinski definition) is 4. The van der Waals surface area contributed by atoms with Gasteiger partial charge in [-0.15, -0.1) is 0 Å². The van der Waals surface area contributed by atoms with Crippen LogP contribution in [0.25, 0.3) is 12.2 Å². The van der Waals surface area contributed by atoms with Crippen LogP contribution in [-0.4, -0.2) is 35.1 Å². The molecular formula is C30H40N2O4. The van der Waals surface area contributed by atoms with Gasteiger partial charge in [0.15, 0.2) is 0 Å². The number of hydrogen-bond donors (Lipinski definition) is 4. The second-order valence-electron chi connectivity index (χ2n) is 8.97. The van der Waals surface area contributed by atoms with Crippen molar-refractivity contribution in [1.82, 2.24) is 10.6 Å². The Morgan fingerprint density at radius 1 is 0.583 bits per heavy atom. The summed E-state index contributed by atoms with van der Waals surface area (Å²) in [6, 6.07) is 13.6. The molecule has 4 N–H and O–H groups in total. The molecule has 0 fully saturated rings. The summed E-state index contributed by atoms with van der Waals surface area (Å²) in [5.74, 6) is 0.163. The lowest BCUT2D eigenvalue weighted by atomic mass is 10.1. The van der Waals surface area contributed by atoms with E-state index in [1.807, 2.05) is 12.1 Å². The van der Waals surface area contributed by atoms with Crippen LogP contribution in [0.15, 0.2) is 60.7 Å². The van der Waals surface area contributed by atoms with Gasteiger partial charge in [-0.25, -0.2) is 0 Å². The summed E-state index contributed by atoms with van der Waals surface area (Å²) in [7, 11) is 0. The third-order valence-electron chi connectivity index (χ3n) is 5.80. The molecule has 2 aromatic carbocycles. The molecule has 2 amide bonds. The van der Waals surface area contributed by atoms with Crippen molar-refractivity contribution < 1.29 is 19.8 Å². The molecular weight excluding hydrogens is 452 g/mol. The van der Waals surface area contributed by atoms with E-state index in [0.29, 0.717) is 13.1 Å². The molecule has 0 aromatic heterocycles. The van der Waals surface area contributed by atoms with Crippen molar-refractivity contribution in [3.8, 4) is 11.5 Å². The van der Waals surface area contributed by atoms with Crippen LogP contribution in [0.3, 0.4) is 0 Å². The summed E-state index contributed by atoms with van der Waals surface area (Å²) in [5.41, 5.74) is 1.60. The molecule has 0 atom stereocenters. The van der Waals surface area contributed by atoms with Gasteiger partial charge in [0.25, 0.3) is 0 Å². The maximum atomic E-state index is 11.8. The zero-order valence-corrected chi connectivity index (χ0v) is 21.1. The Labute approximate surface area is 215 Å². The number of amides is 2. The highest BCUT2D eigenvalue weighted by molar-refractivity contribution is 5.92. The average molecular weight is 493 g/mol. The van der Waals surface area contributed by atoms with E-state index < -0.39 is 0 Å². The predicted molar refractivity (Wildman–Crippen MR) is 146 cm³/mol. The number of phenols is 2. The van der Waals surface area contributed by atoms with Crippen molar-refractivity contribution in [2.75, 3.05) is 13.1 Å². The number of aromatic hydroxyl groups is 2. The Morgan fingerprint density at radius 3 is 1.31 bits per heavy atom. The van der Waals surface area contributed by atoms with Crippen molar-refractivity contribution in [2.45, 2.75) is 64.2 Å². The summed E-state index contributed by atoms with van der Waals surface area (Å²) >= 11 is 0. The van der Waals surface area contributed by atoms with Gasteiger partial charge in [0.05, 0.1) is 0 Å². The van der Waals surface area contributed by atoms with Crippen LogP contribution in [0.5, 0.6) is 11.5 Å². The Bertz CT molecular complexity index is 905. The van der Waals surface area contributed by atoms with Crippen molar-refractivity contribution in [3.05, 3.63) is 71.8 Å². The average Bonchev–Trinajstić information content (AvgIpc) is 2.86. The number of rotatable bonds is 17. The van der Waals surface area contributed by atoms with Gasteiger partial charge in [-0.2, -0.15) is 0 Å². The maximum Gasteiger partial charge on any atom is 0.243 e. The van der Waals surface area contributed by atoms with Crippen LogP contribution in [0.1, 0.15) is 75.3 Å². The molecule has 0 aliphatic heterocycles. The van der Waals surface area contributed by atoms with Crippen molar-refractivity contribution in [2.24, 2.45) is 0 Å². The first-order valence-electron chi connectivity index (χ1n) is 13.0. The first-order valence-corrected chi connectivity index (χ1v) is 13.0. The molecule has 6 heteroatoms. The van der Waals surface area contributed by atoms with Gasteiger partial charge < -0.3 is 20.8 Å². The highest BCUT2D eigenvalue weighted by Crippen LogP contribution is 2.13. The number of nitrogens with one attached hydrogen (secondary N) is 2. The quantitative estimate of drug-likeness (QED) is 0.162. The Kier molecular flexibility index (Phi) is 14.2. The van der Waals surface area contributed by atoms with Crippen LogP contribution in [-0.2, 0) is 9.59 Å². The highest BCUT2D eigenvalue weighted by atomic mass is 16.3. The van der Waals surface area contributed by atoms with Crippen molar-refractivity contribution in [3.63, 3.8) is 0 Å². The van der Waals surface area contributed by atoms with E-state index in [4.69, 9.17) is 0 Å². The summed E-state index contributed by atoms with van der Waals surface area (Å²) in [4.78, 5) is 23.7. The number of benzene rings is 2. The second kappa shape index (κ2) is 17.8. The standard InChI is InChI=1S/C30H40N2O4/c33-27-15-11-13-25(23-27)17-19-29(35)31-21-9-7-5-3-1-2-4-6-8-10-22-32-30(36)20-18-26-14-12-16-28(34)24-26/h11-20,23-24,33-34H,1-10,21-22H2,(H,31,35)(H,32,36)/b19-17+,20-18+. The first kappa shape index (κ1) is 28.7. The minimum atomic E-state index is -0.109. The predicted octanol–water partition coefficient (Wildman–Crippen LogP) is 5.96. The molecule has 194 valence electrons. The fourth-order valence-electron chi connectivity index (χ4n) is 3.81. The zero-order chi connectivity index (χ0) is 25.8. The van der Waals surface area contributed by atoms with E-state index in [1.54, 1.807) is 48.6 Å². The molecule has 2 rings (SSSR count). The Morgan fingerprint density at radius 2 is 0.944 bits per heavy atom. The second-order valence-corrected chi connectivity index (χ2v) is 8.97. The largest absolute Gasteiger partial charge is 0.508 e. The third kappa shape index (κ3) is 14.0. The molecule has 0 unspecified atom stereocenters. The first-order chi connectivity index (χ1) is 17.5. The van der Waals surface area contributed by atoms with E-state index in [2.05, 4.69) is 10.6 Å². The van der Waals surface area contributed by atoms with Crippen molar-refractivity contribution in [1.29, 1.82) is 0 Å². The molecule has 0 radical (unpaired) electrons. The van der Waals surface area contributed by atoms with Gasteiger partial charge in [0.1, 0.15) is 11.5 Å². The van der Waals surface area contributed by atoms with E-state index in [9.17, 15) is 19.8 Å². The summed E-state index contributed by atoms with van der Waals surface area (Å²) < 4.78 is 0. The lowest BCUT2D eigenvalue weighted by molar-refractivity contribution is -0.117. The Balaban J connectivity index is 1.35. The lowest BCUT2D eigenvalue weighted by Crippen LogP contribution is -2.21. The fraction of sp³-hybridized carbons (Fsp3) is 0.400. The minimum absolute atomic E-state index is 0.109. The third-order valence-corrected chi connectivity index (χ3v) is 5.80. The van der Waals surface area contributed by atoms with Gasteiger partial charge in [-0.3, -0.25) is 9.59 Å². The van der Waals surface area contributed by atoms with Gasteiger partial charge in [-0.1, -0.05) is 75.6 Å². The lowest BCUT2D eigenvalue weighted by Gasteiger charge is -2.04. The van der Waals surface area contributed by atoms with E-state index >= 15 is 0 Å². The highest BCUT2D eigenvalue weighted by Gasteiger charge is 1.98. The van der Waals surface area contributed by atoms with E-state index in [1.165, 1.54) is 50.7 Å². The molecule has 0 heterocycles. The smallest absolute Gasteiger partial charge is 0.243 e. The zero-order valence-electron chi connectivity index (χ0n) is 21.1. The molecule has 6 nitrogen and oxygen atoms in total. The molecule has 0 bridgehead atoms. The Hall–Kier alpha value is -3.54. The molecule has 0 aliphatic rings. The van der Waals surface area contributed by atoms with Gasteiger partial charge in [0, 0.05) is 25.2 Å². The van der Waals surface area contributed by atoms with Crippen LogP contribution in [0.2, 0.25) is 0 Å². The van der Waals surface area contributed by atoms with E-state index in [0.717, 1.165) is 36.8 Å². The molecule has 0 aliphatic carbocycles.